The van der Waals surface area contributed by atoms with Gasteiger partial charge in [0.25, 0.3) is 0 Å². The van der Waals surface area contributed by atoms with Gasteiger partial charge in [-0.1, -0.05) is 26.8 Å². The van der Waals surface area contributed by atoms with E-state index in [9.17, 15) is 4.79 Å². The standard InChI is InChI=1S/C15H22N2O/c1-15(2,3)14(18)17-9-6-12(7-10-17)13-5-4-8-16-11-13/h4-5,8,11-12H,6-7,9-10H2,1-3H3. The summed E-state index contributed by atoms with van der Waals surface area (Å²) in [7, 11) is 0. The molecule has 2 heterocycles. The Morgan fingerprint density at radius 2 is 2.00 bits per heavy atom. The van der Waals surface area contributed by atoms with Crippen molar-refractivity contribution in [1.82, 2.24) is 9.88 Å². The summed E-state index contributed by atoms with van der Waals surface area (Å²) >= 11 is 0. The van der Waals surface area contributed by atoms with Gasteiger partial charge in [-0.25, -0.2) is 0 Å². The Balaban J connectivity index is 1.95. The lowest BCUT2D eigenvalue weighted by molar-refractivity contribution is -0.140. The van der Waals surface area contributed by atoms with Gasteiger partial charge in [-0.05, 0) is 30.4 Å². The molecule has 0 aliphatic carbocycles. The predicted octanol–water partition coefficient (Wildman–Crippen LogP) is 2.83. The number of hydrogen-bond donors (Lipinski definition) is 0. The summed E-state index contributed by atoms with van der Waals surface area (Å²) in [6, 6.07) is 4.13. The Kier molecular flexibility index (Phi) is 3.69. The van der Waals surface area contributed by atoms with Crippen molar-refractivity contribution in [3.63, 3.8) is 0 Å². The third-order valence-electron chi connectivity index (χ3n) is 3.58. The van der Waals surface area contributed by atoms with Gasteiger partial charge >= 0.3 is 0 Å². The maximum Gasteiger partial charge on any atom is 0.227 e. The van der Waals surface area contributed by atoms with E-state index in [1.54, 1.807) is 0 Å². The minimum atomic E-state index is -0.263. The van der Waals surface area contributed by atoms with Gasteiger partial charge in [-0.15, -0.1) is 0 Å². The Morgan fingerprint density at radius 1 is 1.33 bits per heavy atom. The number of pyridine rings is 1. The van der Waals surface area contributed by atoms with Gasteiger partial charge in [0.15, 0.2) is 0 Å². The number of aromatic nitrogens is 1. The highest BCUT2D eigenvalue weighted by atomic mass is 16.2. The average Bonchev–Trinajstić information content (AvgIpc) is 2.38. The summed E-state index contributed by atoms with van der Waals surface area (Å²) in [5, 5.41) is 0. The molecule has 1 aliphatic heterocycles. The van der Waals surface area contributed by atoms with Crippen LogP contribution in [-0.4, -0.2) is 28.9 Å². The van der Waals surface area contributed by atoms with Crippen LogP contribution in [0.4, 0.5) is 0 Å². The molecule has 0 unspecified atom stereocenters. The van der Waals surface area contributed by atoms with Gasteiger partial charge in [-0.3, -0.25) is 9.78 Å². The number of carbonyl (C=O) groups is 1. The van der Waals surface area contributed by atoms with Crippen molar-refractivity contribution in [2.45, 2.75) is 39.5 Å². The highest BCUT2D eigenvalue weighted by Gasteiger charge is 2.30. The quantitative estimate of drug-likeness (QED) is 0.763. The largest absolute Gasteiger partial charge is 0.342 e. The number of carbonyl (C=O) groups excluding carboxylic acids is 1. The second-order valence-corrected chi connectivity index (χ2v) is 6.10. The van der Waals surface area contributed by atoms with E-state index in [0.29, 0.717) is 5.92 Å². The van der Waals surface area contributed by atoms with E-state index in [1.807, 2.05) is 44.1 Å². The van der Waals surface area contributed by atoms with Crippen LogP contribution in [0.3, 0.4) is 0 Å². The Bertz CT molecular complexity index is 400. The molecule has 0 spiro atoms. The summed E-state index contributed by atoms with van der Waals surface area (Å²) in [6.07, 6.45) is 5.86. The van der Waals surface area contributed by atoms with Gasteiger partial charge in [0.05, 0.1) is 0 Å². The maximum atomic E-state index is 12.2. The molecule has 0 N–H and O–H groups in total. The van der Waals surface area contributed by atoms with E-state index in [0.717, 1.165) is 25.9 Å². The molecule has 98 valence electrons. The van der Waals surface area contributed by atoms with Crippen molar-refractivity contribution in [2.75, 3.05) is 13.1 Å². The molecule has 3 heteroatoms. The predicted molar refractivity (Wildman–Crippen MR) is 72.2 cm³/mol. The van der Waals surface area contributed by atoms with Crippen LogP contribution in [0.15, 0.2) is 24.5 Å². The number of rotatable bonds is 1. The Hall–Kier alpha value is -1.38. The molecule has 0 atom stereocenters. The molecule has 2 rings (SSSR count). The van der Waals surface area contributed by atoms with Crippen LogP contribution in [-0.2, 0) is 4.79 Å². The average molecular weight is 246 g/mol. The molecule has 1 saturated heterocycles. The second kappa shape index (κ2) is 5.09. The van der Waals surface area contributed by atoms with E-state index < -0.39 is 0 Å². The van der Waals surface area contributed by atoms with Gasteiger partial charge in [0.1, 0.15) is 0 Å². The molecular weight excluding hydrogens is 224 g/mol. The number of likely N-dealkylation sites (tertiary alicyclic amines) is 1. The summed E-state index contributed by atoms with van der Waals surface area (Å²) < 4.78 is 0. The van der Waals surface area contributed by atoms with Crippen molar-refractivity contribution < 1.29 is 4.79 Å². The molecule has 1 aromatic heterocycles. The topological polar surface area (TPSA) is 33.2 Å². The van der Waals surface area contributed by atoms with Crippen molar-refractivity contribution in [3.8, 4) is 0 Å². The van der Waals surface area contributed by atoms with Crippen molar-refractivity contribution in [2.24, 2.45) is 5.41 Å². The molecule has 0 bridgehead atoms. The lowest BCUT2D eigenvalue weighted by atomic mass is 9.88. The van der Waals surface area contributed by atoms with Gasteiger partial charge < -0.3 is 4.90 Å². The lowest BCUT2D eigenvalue weighted by Gasteiger charge is -2.35. The summed E-state index contributed by atoms with van der Waals surface area (Å²) in [5.41, 5.74) is 1.04. The number of piperidine rings is 1. The third kappa shape index (κ3) is 2.89. The fourth-order valence-electron chi connectivity index (χ4n) is 2.51. The van der Waals surface area contributed by atoms with E-state index in [1.165, 1.54) is 5.56 Å². The van der Waals surface area contributed by atoms with Crippen LogP contribution in [0.5, 0.6) is 0 Å². The van der Waals surface area contributed by atoms with Crippen molar-refractivity contribution in [3.05, 3.63) is 30.1 Å². The highest BCUT2D eigenvalue weighted by Crippen LogP contribution is 2.29. The normalized spacial score (nSPS) is 17.8. The molecule has 0 aromatic carbocycles. The highest BCUT2D eigenvalue weighted by molar-refractivity contribution is 5.81. The maximum absolute atomic E-state index is 12.2. The van der Waals surface area contributed by atoms with Crippen molar-refractivity contribution >= 4 is 5.91 Å². The molecule has 1 fully saturated rings. The zero-order valence-electron chi connectivity index (χ0n) is 11.5. The number of amides is 1. The summed E-state index contributed by atoms with van der Waals surface area (Å²) in [4.78, 5) is 18.4. The first-order valence-corrected chi connectivity index (χ1v) is 6.68. The monoisotopic (exact) mass is 246 g/mol. The molecule has 0 saturated carbocycles. The van der Waals surface area contributed by atoms with Crippen LogP contribution >= 0.6 is 0 Å². The molecule has 18 heavy (non-hydrogen) atoms. The van der Waals surface area contributed by atoms with E-state index >= 15 is 0 Å². The molecule has 0 radical (unpaired) electrons. The van der Waals surface area contributed by atoms with Crippen LogP contribution in [0, 0.1) is 5.41 Å². The Labute approximate surface area is 109 Å². The zero-order valence-corrected chi connectivity index (χ0v) is 11.5. The molecule has 1 aromatic rings. The minimum Gasteiger partial charge on any atom is -0.342 e. The molecule has 3 nitrogen and oxygen atoms in total. The first-order chi connectivity index (χ1) is 8.48. The second-order valence-electron chi connectivity index (χ2n) is 6.10. The SMILES string of the molecule is CC(C)(C)C(=O)N1CCC(c2cccnc2)CC1. The summed E-state index contributed by atoms with van der Waals surface area (Å²) in [5.74, 6) is 0.829. The molecule has 1 aliphatic rings. The smallest absolute Gasteiger partial charge is 0.227 e. The van der Waals surface area contributed by atoms with Crippen LogP contribution in [0.25, 0.3) is 0 Å². The molecule has 1 amide bonds. The van der Waals surface area contributed by atoms with Crippen molar-refractivity contribution in [1.29, 1.82) is 0 Å². The molecular formula is C15H22N2O. The van der Waals surface area contributed by atoms with E-state index in [-0.39, 0.29) is 11.3 Å². The van der Waals surface area contributed by atoms with E-state index in [4.69, 9.17) is 0 Å². The van der Waals surface area contributed by atoms with Gasteiger partial charge in [0.2, 0.25) is 5.91 Å². The van der Waals surface area contributed by atoms with Crippen LogP contribution in [0.1, 0.15) is 45.1 Å². The van der Waals surface area contributed by atoms with Crippen LogP contribution < -0.4 is 0 Å². The first-order valence-electron chi connectivity index (χ1n) is 6.68. The van der Waals surface area contributed by atoms with Gasteiger partial charge in [-0.2, -0.15) is 0 Å². The first kappa shape index (κ1) is 13.1. The number of nitrogens with zero attached hydrogens (tertiary/aromatic N) is 2. The number of hydrogen-bond acceptors (Lipinski definition) is 2. The summed E-state index contributed by atoms with van der Waals surface area (Å²) in [6.45, 7) is 7.71. The van der Waals surface area contributed by atoms with Crippen LogP contribution in [0.2, 0.25) is 0 Å². The van der Waals surface area contributed by atoms with Gasteiger partial charge in [0, 0.05) is 30.9 Å². The fourth-order valence-corrected chi connectivity index (χ4v) is 2.51. The Morgan fingerprint density at radius 3 is 2.50 bits per heavy atom. The minimum absolute atomic E-state index is 0.263. The van der Waals surface area contributed by atoms with E-state index in [2.05, 4.69) is 11.1 Å². The fraction of sp³-hybridized carbons (Fsp3) is 0.600. The zero-order chi connectivity index (χ0) is 13.2. The third-order valence-corrected chi connectivity index (χ3v) is 3.58. The lowest BCUT2D eigenvalue weighted by Crippen LogP contribution is -2.43.